The van der Waals surface area contributed by atoms with Gasteiger partial charge in [0.05, 0.1) is 0 Å². The van der Waals surface area contributed by atoms with E-state index in [9.17, 15) is 0 Å². The number of hydrogen-bond acceptors (Lipinski definition) is 2. The summed E-state index contributed by atoms with van der Waals surface area (Å²) < 4.78 is 0. The molecule has 0 fully saturated rings. The van der Waals surface area contributed by atoms with Gasteiger partial charge in [-0.1, -0.05) is 72.1 Å². The highest BCUT2D eigenvalue weighted by atomic mass is 15.4. The highest BCUT2D eigenvalue weighted by Crippen LogP contribution is 2.20. The van der Waals surface area contributed by atoms with E-state index in [2.05, 4.69) is 43.0 Å². The van der Waals surface area contributed by atoms with Crippen molar-refractivity contribution in [2.75, 3.05) is 13.1 Å². The Hall–Kier alpha value is -0.660. The van der Waals surface area contributed by atoms with Crippen molar-refractivity contribution in [3.63, 3.8) is 0 Å². The fraction of sp³-hybridized carbons (Fsp3) is 0.895. The van der Waals surface area contributed by atoms with Crippen LogP contribution in [0.25, 0.3) is 0 Å². The van der Waals surface area contributed by atoms with Crippen LogP contribution in [0.1, 0.15) is 91.4 Å². The average Bonchev–Trinajstić information content (AvgIpc) is 2.88. The number of hydrogen-bond donors (Lipinski definition) is 0. The number of nitrogens with zero attached hydrogens (tertiary/aromatic N) is 2. The lowest BCUT2D eigenvalue weighted by molar-refractivity contribution is 0.146. The average molecular weight is 295 g/mol. The Labute approximate surface area is 133 Å². The fourth-order valence-corrected chi connectivity index (χ4v) is 3.34. The number of unbranched alkanes of at least 4 members (excludes halogenated alkanes) is 8. The second-order valence-electron chi connectivity index (χ2n) is 6.49. The van der Waals surface area contributed by atoms with E-state index in [-0.39, 0.29) is 0 Å². The van der Waals surface area contributed by atoms with Crippen LogP contribution in [-0.4, -0.2) is 29.1 Å². The monoisotopic (exact) mass is 294 g/mol. The van der Waals surface area contributed by atoms with E-state index in [0.29, 0.717) is 6.17 Å². The molecule has 0 aromatic heterocycles. The summed E-state index contributed by atoms with van der Waals surface area (Å²) in [6.07, 6.45) is 20.5. The summed E-state index contributed by atoms with van der Waals surface area (Å²) in [5.41, 5.74) is 0. The Balaban J connectivity index is 2.01. The van der Waals surface area contributed by atoms with Crippen molar-refractivity contribution in [3.8, 4) is 0 Å². The molecule has 0 amide bonds. The van der Waals surface area contributed by atoms with Gasteiger partial charge in [0, 0.05) is 25.5 Å². The van der Waals surface area contributed by atoms with Crippen LogP contribution in [0, 0.1) is 0 Å². The van der Waals surface area contributed by atoms with Gasteiger partial charge in [0.15, 0.2) is 0 Å². The van der Waals surface area contributed by atoms with E-state index in [0.717, 1.165) is 0 Å². The van der Waals surface area contributed by atoms with Crippen LogP contribution >= 0.6 is 0 Å². The van der Waals surface area contributed by atoms with Crippen LogP contribution in [0.2, 0.25) is 0 Å². The zero-order chi connectivity index (χ0) is 15.3. The predicted molar refractivity (Wildman–Crippen MR) is 94.1 cm³/mol. The standard InChI is InChI=1S/C19H38N2/c1-4-7-8-9-10-11-12-13-14-16-21-18-17-20(15-5-2)19(21)6-3/h17-19H,4-16H2,1-3H3. The molecular formula is C19H38N2. The molecule has 0 bridgehead atoms. The van der Waals surface area contributed by atoms with Crippen LogP contribution in [0.15, 0.2) is 12.4 Å². The van der Waals surface area contributed by atoms with E-state index in [1.54, 1.807) is 0 Å². The topological polar surface area (TPSA) is 6.48 Å². The smallest absolute Gasteiger partial charge is 0.100 e. The first-order chi connectivity index (χ1) is 10.3. The van der Waals surface area contributed by atoms with Crippen LogP contribution in [0.5, 0.6) is 0 Å². The van der Waals surface area contributed by atoms with Gasteiger partial charge in [-0.15, -0.1) is 0 Å². The highest BCUT2D eigenvalue weighted by Gasteiger charge is 2.22. The van der Waals surface area contributed by atoms with Crippen molar-refractivity contribution in [1.29, 1.82) is 0 Å². The van der Waals surface area contributed by atoms with Crippen LogP contribution in [0.3, 0.4) is 0 Å². The van der Waals surface area contributed by atoms with Crippen LogP contribution in [0.4, 0.5) is 0 Å². The maximum absolute atomic E-state index is 2.55. The molecule has 0 aromatic rings. The second kappa shape index (κ2) is 11.9. The summed E-state index contributed by atoms with van der Waals surface area (Å²) >= 11 is 0. The molecular weight excluding hydrogens is 256 g/mol. The lowest BCUT2D eigenvalue weighted by Crippen LogP contribution is -2.38. The van der Waals surface area contributed by atoms with Gasteiger partial charge in [-0.05, 0) is 19.3 Å². The molecule has 0 saturated carbocycles. The minimum absolute atomic E-state index is 0.624. The van der Waals surface area contributed by atoms with E-state index in [1.165, 1.54) is 83.7 Å². The normalized spacial score (nSPS) is 18.0. The van der Waals surface area contributed by atoms with Gasteiger partial charge in [0.25, 0.3) is 0 Å². The Morgan fingerprint density at radius 2 is 1.14 bits per heavy atom. The highest BCUT2D eigenvalue weighted by molar-refractivity contribution is 4.96. The zero-order valence-electron chi connectivity index (χ0n) is 14.8. The molecule has 0 aliphatic carbocycles. The Kier molecular flexibility index (Phi) is 10.5. The summed E-state index contributed by atoms with van der Waals surface area (Å²) in [5.74, 6) is 0. The molecule has 1 unspecified atom stereocenters. The molecule has 1 heterocycles. The zero-order valence-corrected chi connectivity index (χ0v) is 14.8. The molecule has 1 aliphatic heterocycles. The lowest BCUT2D eigenvalue weighted by Gasteiger charge is -2.32. The Bertz CT molecular complexity index is 262. The van der Waals surface area contributed by atoms with E-state index >= 15 is 0 Å². The summed E-state index contributed by atoms with van der Waals surface area (Å²) in [7, 11) is 0. The van der Waals surface area contributed by atoms with Gasteiger partial charge in [0.1, 0.15) is 6.17 Å². The summed E-state index contributed by atoms with van der Waals surface area (Å²) in [6.45, 7) is 9.31. The molecule has 0 spiro atoms. The van der Waals surface area contributed by atoms with Crippen molar-refractivity contribution in [2.45, 2.75) is 97.6 Å². The lowest BCUT2D eigenvalue weighted by atomic mass is 10.1. The molecule has 1 rings (SSSR count). The second-order valence-corrected chi connectivity index (χ2v) is 6.49. The molecule has 124 valence electrons. The molecule has 2 heteroatoms. The first-order valence-electron chi connectivity index (χ1n) is 9.53. The Morgan fingerprint density at radius 3 is 1.67 bits per heavy atom. The van der Waals surface area contributed by atoms with E-state index in [4.69, 9.17) is 0 Å². The van der Waals surface area contributed by atoms with Crippen molar-refractivity contribution in [2.24, 2.45) is 0 Å². The van der Waals surface area contributed by atoms with Crippen LogP contribution in [-0.2, 0) is 0 Å². The van der Waals surface area contributed by atoms with Gasteiger partial charge in [-0.3, -0.25) is 0 Å². The summed E-state index contributed by atoms with van der Waals surface area (Å²) in [6, 6.07) is 0. The van der Waals surface area contributed by atoms with Crippen molar-refractivity contribution >= 4 is 0 Å². The van der Waals surface area contributed by atoms with E-state index < -0.39 is 0 Å². The largest absolute Gasteiger partial charge is 0.356 e. The molecule has 0 radical (unpaired) electrons. The van der Waals surface area contributed by atoms with Gasteiger partial charge >= 0.3 is 0 Å². The van der Waals surface area contributed by atoms with Crippen molar-refractivity contribution < 1.29 is 0 Å². The fourth-order valence-electron chi connectivity index (χ4n) is 3.34. The van der Waals surface area contributed by atoms with E-state index in [1.807, 2.05) is 0 Å². The summed E-state index contributed by atoms with van der Waals surface area (Å²) in [4.78, 5) is 5.06. The third kappa shape index (κ3) is 7.24. The summed E-state index contributed by atoms with van der Waals surface area (Å²) in [5, 5.41) is 0. The van der Waals surface area contributed by atoms with Gasteiger partial charge < -0.3 is 9.80 Å². The maximum atomic E-state index is 2.55. The van der Waals surface area contributed by atoms with Gasteiger partial charge in [0.2, 0.25) is 0 Å². The molecule has 0 saturated heterocycles. The van der Waals surface area contributed by atoms with Crippen molar-refractivity contribution in [3.05, 3.63) is 12.4 Å². The SMILES string of the molecule is CCCCCCCCCCCN1C=CN(CCC)C1CC. The number of rotatable bonds is 13. The minimum atomic E-state index is 0.624. The third-order valence-corrected chi connectivity index (χ3v) is 4.58. The molecule has 0 N–H and O–H groups in total. The first kappa shape index (κ1) is 18.4. The van der Waals surface area contributed by atoms with Crippen molar-refractivity contribution in [1.82, 2.24) is 9.80 Å². The molecule has 1 atom stereocenters. The van der Waals surface area contributed by atoms with Crippen LogP contribution < -0.4 is 0 Å². The molecule has 2 nitrogen and oxygen atoms in total. The predicted octanol–water partition coefficient (Wildman–Crippen LogP) is 5.75. The quantitative estimate of drug-likeness (QED) is 0.399. The van der Waals surface area contributed by atoms with Gasteiger partial charge in [-0.25, -0.2) is 0 Å². The molecule has 0 aromatic carbocycles. The minimum Gasteiger partial charge on any atom is -0.356 e. The first-order valence-corrected chi connectivity index (χ1v) is 9.53. The maximum Gasteiger partial charge on any atom is 0.100 e. The molecule has 21 heavy (non-hydrogen) atoms. The molecule has 1 aliphatic rings. The Morgan fingerprint density at radius 1 is 0.619 bits per heavy atom. The van der Waals surface area contributed by atoms with Gasteiger partial charge in [-0.2, -0.15) is 0 Å². The third-order valence-electron chi connectivity index (χ3n) is 4.58.